The molecule has 0 saturated heterocycles. The summed E-state index contributed by atoms with van der Waals surface area (Å²) >= 11 is 0. The van der Waals surface area contributed by atoms with E-state index in [-0.39, 0.29) is 5.92 Å². The van der Waals surface area contributed by atoms with Gasteiger partial charge in [0.2, 0.25) is 0 Å². The molecule has 0 radical (unpaired) electrons. The molecule has 3 nitrogen and oxygen atoms in total. The third kappa shape index (κ3) is 2.20. The van der Waals surface area contributed by atoms with E-state index >= 15 is 0 Å². The summed E-state index contributed by atoms with van der Waals surface area (Å²) in [4.78, 5) is 11.7. The standard InChI is InChI=1S/C14H19NO2/c15-13(16)14(17,11-7-3-1-4-8-11)12-9-5-2-6-10-12/h1,3-4,7-8,12,17H,2,5-6,9-10H2,(H2,15,16)/t14-/m0/s1. The highest BCUT2D eigenvalue weighted by atomic mass is 16.3. The first-order valence-electron chi connectivity index (χ1n) is 6.23. The van der Waals surface area contributed by atoms with Gasteiger partial charge in [-0.2, -0.15) is 0 Å². The van der Waals surface area contributed by atoms with E-state index in [1.54, 1.807) is 12.1 Å². The predicted octanol–water partition coefficient (Wildman–Crippen LogP) is 1.94. The first-order valence-corrected chi connectivity index (χ1v) is 6.23. The quantitative estimate of drug-likeness (QED) is 0.838. The van der Waals surface area contributed by atoms with Gasteiger partial charge in [0.15, 0.2) is 5.60 Å². The third-order valence-electron chi connectivity index (χ3n) is 3.79. The minimum absolute atomic E-state index is 0.0452. The number of amides is 1. The van der Waals surface area contributed by atoms with Crippen molar-refractivity contribution >= 4 is 5.91 Å². The largest absolute Gasteiger partial charge is 0.375 e. The van der Waals surface area contributed by atoms with Crippen LogP contribution in [0.2, 0.25) is 0 Å². The smallest absolute Gasteiger partial charge is 0.254 e. The Balaban J connectivity index is 2.35. The lowest BCUT2D eigenvalue weighted by atomic mass is 9.73. The van der Waals surface area contributed by atoms with E-state index in [2.05, 4.69) is 0 Å². The van der Waals surface area contributed by atoms with Crippen molar-refractivity contribution in [2.24, 2.45) is 11.7 Å². The van der Waals surface area contributed by atoms with Crippen molar-refractivity contribution < 1.29 is 9.90 Å². The number of hydrogen-bond acceptors (Lipinski definition) is 2. The van der Waals surface area contributed by atoms with Crippen molar-refractivity contribution in [1.29, 1.82) is 0 Å². The topological polar surface area (TPSA) is 63.3 Å². The molecule has 1 fully saturated rings. The number of carbonyl (C=O) groups is 1. The van der Waals surface area contributed by atoms with Gasteiger partial charge in [-0.1, -0.05) is 49.6 Å². The van der Waals surface area contributed by atoms with Gasteiger partial charge in [-0.3, -0.25) is 4.79 Å². The fourth-order valence-corrected chi connectivity index (χ4v) is 2.79. The summed E-state index contributed by atoms with van der Waals surface area (Å²) < 4.78 is 0. The summed E-state index contributed by atoms with van der Waals surface area (Å²) in [5, 5.41) is 10.7. The van der Waals surface area contributed by atoms with Crippen LogP contribution in [0.5, 0.6) is 0 Å². The number of nitrogens with two attached hydrogens (primary N) is 1. The molecule has 1 atom stereocenters. The van der Waals surface area contributed by atoms with Crippen molar-refractivity contribution in [3.05, 3.63) is 35.9 Å². The Bertz CT molecular complexity index is 384. The SMILES string of the molecule is NC(=O)[C@](O)(c1ccccc1)C1CCCCC1. The Morgan fingerprint density at radius 2 is 1.76 bits per heavy atom. The van der Waals surface area contributed by atoms with Gasteiger partial charge in [0.25, 0.3) is 5.91 Å². The Labute approximate surface area is 102 Å². The molecule has 3 N–H and O–H groups in total. The molecule has 0 spiro atoms. The lowest BCUT2D eigenvalue weighted by molar-refractivity contribution is -0.145. The van der Waals surface area contributed by atoms with Crippen LogP contribution in [-0.2, 0) is 10.4 Å². The van der Waals surface area contributed by atoms with Crippen LogP contribution in [0.25, 0.3) is 0 Å². The van der Waals surface area contributed by atoms with E-state index in [9.17, 15) is 9.90 Å². The molecular formula is C14H19NO2. The summed E-state index contributed by atoms with van der Waals surface area (Å²) in [6, 6.07) is 9.07. The zero-order chi connectivity index (χ0) is 12.3. The molecule has 0 unspecified atom stereocenters. The molecule has 0 aromatic heterocycles. The van der Waals surface area contributed by atoms with E-state index in [0.29, 0.717) is 5.56 Å². The second-order valence-corrected chi connectivity index (χ2v) is 4.83. The molecule has 1 saturated carbocycles. The molecule has 1 aromatic carbocycles. The first-order chi connectivity index (χ1) is 8.15. The second kappa shape index (κ2) is 4.88. The minimum Gasteiger partial charge on any atom is -0.375 e. The molecule has 1 aromatic rings. The predicted molar refractivity (Wildman–Crippen MR) is 66.1 cm³/mol. The average molecular weight is 233 g/mol. The molecule has 1 aliphatic rings. The number of aliphatic hydroxyl groups is 1. The third-order valence-corrected chi connectivity index (χ3v) is 3.79. The lowest BCUT2D eigenvalue weighted by Crippen LogP contribution is -2.47. The maximum absolute atomic E-state index is 11.7. The molecule has 17 heavy (non-hydrogen) atoms. The minimum atomic E-state index is -1.50. The van der Waals surface area contributed by atoms with Crippen LogP contribution < -0.4 is 5.73 Å². The number of hydrogen-bond donors (Lipinski definition) is 2. The lowest BCUT2D eigenvalue weighted by Gasteiger charge is -2.36. The van der Waals surface area contributed by atoms with Crippen LogP contribution in [-0.4, -0.2) is 11.0 Å². The zero-order valence-electron chi connectivity index (χ0n) is 9.93. The molecule has 0 heterocycles. The van der Waals surface area contributed by atoms with Crippen molar-refractivity contribution in [2.75, 3.05) is 0 Å². The fraction of sp³-hybridized carbons (Fsp3) is 0.500. The molecule has 3 heteroatoms. The van der Waals surface area contributed by atoms with Gasteiger partial charge >= 0.3 is 0 Å². The van der Waals surface area contributed by atoms with E-state index in [1.807, 2.05) is 18.2 Å². The highest BCUT2D eigenvalue weighted by molar-refractivity contribution is 5.85. The number of rotatable bonds is 3. The van der Waals surface area contributed by atoms with Gasteiger partial charge in [0.1, 0.15) is 0 Å². The van der Waals surface area contributed by atoms with Crippen molar-refractivity contribution in [3.8, 4) is 0 Å². The average Bonchev–Trinajstić information content (AvgIpc) is 2.39. The molecule has 2 rings (SSSR count). The van der Waals surface area contributed by atoms with E-state index in [4.69, 9.17) is 5.73 Å². The van der Waals surface area contributed by atoms with Crippen molar-refractivity contribution in [2.45, 2.75) is 37.7 Å². The Hall–Kier alpha value is -1.35. The Kier molecular flexibility index (Phi) is 3.48. The summed E-state index contributed by atoms with van der Waals surface area (Å²) in [7, 11) is 0. The summed E-state index contributed by atoms with van der Waals surface area (Å²) in [6.45, 7) is 0. The maximum atomic E-state index is 11.7. The number of carbonyl (C=O) groups excluding carboxylic acids is 1. The van der Waals surface area contributed by atoms with Crippen LogP contribution in [0.3, 0.4) is 0 Å². The Morgan fingerprint density at radius 1 is 1.18 bits per heavy atom. The molecule has 1 amide bonds. The molecule has 0 aliphatic heterocycles. The van der Waals surface area contributed by atoms with Crippen molar-refractivity contribution in [3.63, 3.8) is 0 Å². The Morgan fingerprint density at radius 3 is 2.29 bits per heavy atom. The highest BCUT2D eigenvalue weighted by Crippen LogP contribution is 2.39. The van der Waals surface area contributed by atoms with E-state index < -0.39 is 11.5 Å². The van der Waals surface area contributed by atoms with Crippen molar-refractivity contribution in [1.82, 2.24) is 0 Å². The molecular weight excluding hydrogens is 214 g/mol. The normalized spacial score (nSPS) is 20.8. The number of benzene rings is 1. The van der Waals surface area contributed by atoms with Crippen LogP contribution in [0, 0.1) is 5.92 Å². The summed E-state index contributed by atoms with van der Waals surface area (Å²) in [6.07, 6.45) is 5.04. The number of primary amides is 1. The highest BCUT2D eigenvalue weighted by Gasteiger charge is 2.43. The molecule has 0 bridgehead atoms. The van der Waals surface area contributed by atoms with Crippen LogP contribution >= 0.6 is 0 Å². The van der Waals surface area contributed by atoms with E-state index in [1.165, 1.54) is 6.42 Å². The zero-order valence-corrected chi connectivity index (χ0v) is 9.93. The fourth-order valence-electron chi connectivity index (χ4n) is 2.79. The van der Waals surface area contributed by atoms with Crippen LogP contribution in [0.4, 0.5) is 0 Å². The summed E-state index contributed by atoms with van der Waals surface area (Å²) in [5.74, 6) is -0.674. The molecule has 92 valence electrons. The maximum Gasteiger partial charge on any atom is 0.254 e. The van der Waals surface area contributed by atoms with Crippen LogP contribution in [0.1, 0.15) is 37.7 Å². The first kappa shape index (κ1) is 12.1. The van der Waals surface area contributed by atoms with Gasteiger partial charge in [-0.05, 0) is 18.4 Å². The molecule has 1 aliphatic carbocycles. The van der Waals surface area contributed by atoms with Gasteiger partial charge < -0.3 is 10.8 Å². The van der Waals surface area contributed by atoms with Gasteiger partial charge in [-0.25, -0.2) is 0 Å². The van der Waals surface area contributed by atoms with Gasteiger partial charge in [0, 0.05) is 5.92 Å². The van der Waals surface area contributed by atoms with Gasteiger partial charge in [0.05, 0.1) is 0 Å². The van der Waals surface area contributed by atoms with Gasteiger partial charge in [-0.15, -0.1) is 0 Å². The van der Waals surface area contributed by atoms with Crippen LogP contribution in [0.15, 0.2) is 30.3 Å². The monoisotopic (exact) mass is 233 g/mol. The summed E-state index contributed by atoms with van der Waals surface area (Å²) in [5.41, 5.74) is 4.57. The van der Waals surface area contributed by atoms with E-state index in [0.717, 1.165) is 25.7 Å². The second-order valence-electron chi connectivity index (χ2n) is 4.83.